The summed E-state index contributed by atoms with van der Waals surface area (Å²) in [5.74, 6) is 0.394. The van der Waals surface area contributed by atoms with E-state index in [9.17, 15) is 9.59 Å². The Bertz CT molecular complexity index is 1180. The van der Waals surface area contributed by atoms with E-state index in [1.807, 2.05) is 29.6 Å². The minimum Gasteiger partial charge on any atom is -0.485 e. The van der Waals surface area contributed by atoms with Gasteiger partial charge in [0.2, 0.25) is 11.8 Å². The van der Waals surface area contributed by atoms with E-state index in [0.717, 1.165) is 10.4 Å². The fourth-order valence-corrected chi connectivity index (χ4v) is 4.19. The highest BCUT2D eigenvalue weighted by Gasteiger charge is 2.13. The van der Waals surface area contributed by atoms with Gasteiger partial charge in [0, 0.05) is 28.8 Å². The maximum Gasteiger partial charge on any atom is 0.231 e. The summed E-state index contributed by atoms with van der Waals surface area (Å²) in [5, 5.41) is 9.68. The monoisotopic (exact) mass is 465 g/mol. The zero-order valence-corrected chi connectivity index (χ0v) is 18.5. The molecule has 4 aromatic rings. The maximum atomic E-state index is 12.5. The molecule has 0 aromatic carbocycles. The third-order valence-corrected chi connectivity index (χ3v) is 5.91. The molecule has 4 aromatic heterocycles. The molecule has 10 heteroatoms. The van der Waals surface area contributed by atoms with Crippen molar-refractivity contribution in [3.8, 4) is 5.75 Å². The highest BCUT2D eigenvalue weighted by Crippen LogP contribution is 2.23. The summed E-state index contributed by atoms with van der Waals surface area (Å²) >= 11 is 2.81. The van der Waals surface area contributed by atoms with Crippen LogP contribution in [0.25, 0.3) is 0 Å². The van der Waals surface area contributed by atoms with Gasteiger partial charge in [0.25, 0.3) is 0 Å². The van der Waals surface area contributed by atoms with Crippen LogP contribution in [0, 0.1) is 0 Å². The highest BCUT2D eigenvalue weighted by atomic mass is 32.1. The third-order valence-electron chi connectivity index (χ3n) is 4.23. The lowest BCUT2D eigenvalue weighted by Crippen LogP contribution is -2.17. The van der Waals surface area contributed by atoms with E-state index < -0.39 is 0 Å². The highest BCUT2D eigenvalue weighted by molar-refractivity contribution is 7.14. The van der Waals surface area contributed by atoms with E-state index in [0.29, 0.717) is 35.4 Å². The first-order chi connectivity index (χ1) is 15.7. The van der Waals surface area contributed by atoms with Gasteiger partial charge in [0.1, 0.15) is 6.61 Å². The number of hydrogen-bond acceptors (Lipinski definition) is 8. The van der Waals surface area contributed by atoms with Crippen molar-refractivity contribution in [2.75, 3.05) is 10.6 Å². The number of carbonyl (C=O) groups is 2. The number of aromatic nitrogens is 3. The second kappa shape index (κ2) is 10.6. The Morgan fingerprint density at radius 1 is 0.938 bits per heavy atom. The summed E-state index contributed by atoms with van der Waals surface area (Å²) in [5.41, 5.74) is 1.52. The molecule has 32 heavy (non-hydrogen) atoms. The molecule has 2 amide bonds. The lowest BCUT2D eigenvalue weighted by molar-refractivity contribution is -0.116. The second-order valence-electron chi connectivity index (χ2n) is 6.67. The molecule has 0 saturated heterocycles. The number of thiazole rings is 1. The van der Waals surface area contributed by atoms with E-state index in [-0.39, 0.29) is 18.2 Å². The average Bonchev–Trinajstić information content (AvgIpc) is 3.46. The second-order valence-corrected chi connectivity index (χ2v) is 8.56. The zero-order chi connectivity index (χ0) is 22.2. The van der Waals surface area contributed by atoms with E-state index >= 15 is 0 Å². The minimum atomic E-state index is -0.278. The van der Waals surface area contributed by atoms with Crippen LogP contribution in [0.2, 0.25) is 0 Å². The number of thiophene rings is 1. The van der Waals surface area contributed by atoms with Crippen molar-refractivity contribution in [1.29, 1.82) is 0 Å². The molecule has 162 valence electrons. The average molecular weight is 466 g/mol. The SMILES string of the molecule is O=C(Cc1cccs1)Nc1nc(CC(=O)Nc2ncccc2OCc2ccncc2)cs1. The van der Waals surface area contributed by atoms with Crippen molar-refractivity contribution in [3.05, 3.63) is 81.9 Å². The largest absolute Gasteiger partial charge is 0.485 e. The van der Waals surface area contributed by atoms with Gasteiger partial charge in [0.05, 0.1) is 18.5 Å². The number of nitrogens with zero attached hydrogens (tertiary/aromatic N) is 3. The predicted molar refractivity (Wildman–Crippen MR) is 124 cm³/mol. The van der Waals surface area contributed by atoms with Crippen LogP contribution in [0.15, 0.2) is 65.7 Å². The molecule has 0 fully saturated rings. The first kappa shape index (κ1) is 21.6. The summed E-state index contributed by atoms with van der Waals surface area (Å²) in [7, 11) is 0. The molecule has 0 bridgehead atoms. The molecule has 0 unspecified atom stereocenters. The molecule has 8 nitrogen and oxygen atoms in total. The van der Waals surface area contributed by atoms with Crippen LogP contribution in [0.4, 0.5) is 10.9 Å². The number of amides is 2. The van der Waals surface area contributed by atoms with Gasteiger partial charge in [-0.25, -0.2) is 9.97 Å². The quantitative estimate of drug-likeness (QED) is 0.388. The van der Waals surface area contributed by atoms with Gasteiger partial charge in [-0.1, -0.05) is 6.07 Å². The first-order valence-corrected chi connectivity index (χ1v) is 11.4. The summed E-state index contributed by atoms with van der Waals surface area (Å²) in [6.07, 6.45) is 5.32. The number of hydrogen-bond donors (Lipinski definition) is 2. The van der Waals surface area contributed by atoms with Crippen LogP contribution in [0.1, 0.15) is 16.1 Å². The Morgan fingerprint density at radius 3 is 2.59 bits per heavy atom. The van der Waals surface area contributed by atoms with Gasteiger partial charge < -0.3 is 15.4 Å². The van der Waals surface area contributed by atoms with Gasteiger partial charge in [-0.3, -0.25) is 14.6 Å². The van der Waals surface area contributed by atoms with Crippen LogP contribution in [0.5, 0.6) is 5.75 Å². The molecule has 0 aliphatic carbocycles. The lowest BCUT2D eigenvalue weighted by atomic mass is 10.3. The fraction of sp³-hybridized carbons (Fsp3) is 0.136. The van der Waals surface area contributed by atoms with Gasteiger partial charge in [-0.15, -0.1) is 22.7 Å². The predicted octanol–water partition coefficient (Wildman–Crippen LogP) is 3.94. The summed E-state index contributed by atoms with van der Waals surface area (Å²) in [6, 6.07) is 11.0. The minimum absolute atomic E-state index is 0.0532. The Labute approximate surface area is 192 Å². The van der Waals surface area contributed by atoms with Gasteiger partial charge >= 0.3 is 0 Å². The Hall–Kier alpha value is -3.63. The van der Waals surface area contributed by atoms with Crippen LogP contribution in [-0.2, 0) is 29.0 Å². The summed E-state index contributed by atoms with van der Waals surface area (Å²) in [4.78, 5) is 38.1. The van der Waals surface area contributed by atoms with Crippen molar-refractivity contribution in [3.63, 3.8) is 0 Å². The van der Waals surface area contributed by atoms with Crippen LogP contribution < -0.4 is 15.4 Å². The van der Waals surface area contributed by atoms with Crippen LogP contribution in [-0.4, -0.2) is 26.8 Å². The summed E-state index contributed by atoms with van der Waals surface area (Å²) < 4.78 is 5.80. The molecule has 0 radical (unpaired) electrons. The number of nitrogens with one attached hydrogen (secondary N) is 2. The molecule has 2 N–H and O–H groups in total. The number of carbonyl (C=O) groups excluding carboxylic acids is 2. The molecule has 4 rings (SSSR count). The van der Waals surface area contributed by atoms with E-state index in [1.54, 1.807) is 36.1 Å². The normalized spacial score (nSPS) is 10.5. The molecule has 0 atom stereocenters. The van der Waals surface area contributed by atoms with E-state index in [4.69, 9.17) is 4.74 Å². The first-order valence-electron chi connectivity index (χ1n) is 9.69. The lowest BCUT2D eigenvalue weighted by Gasteiger charge is -2.11. The van der Waals surface area contributed by atoms with Crippen molar-refractivity contribution in [1.82, 2.24) is 15.0 Å². The molecular weight excluding hydrogens is 446 g/mol. The number of pyridine rings is 2. The van der Waals surface area contributed by atoms with Crippen molar-refractivity contribution < 1.29 is 14.3 Å². The molecular formula is C22H19N5O3S2. The topological polar surface area (TPSA) is 106 Å². The smallest absolute Gasteiger partial charge is 0.231 e. The van der Waals surface area contributed by atoms with Crippen LogP contribution >= 0.6 is 22.7 Å². The molecule has 0 aliphatic rings. The van der Waals surface area contributed by atoms with Crippen LogP contribution in [0.3, 0.4) is 0 Å². The van der Waals surface area contributed by atoms with Crippen molar-refractivity contribution in [2.24, 2.45) is 0 Å². The van der Waals surface area contributed by atoms with Crippen molar-refractivity contribution >= 4 is 45.4 Å². The number of ether oxygens (including phenoxy) is 1. The van der Waals surface area contributed by atoms with E-state index in [2.05, 4.69) is 25.6 Å². The maximum absolute atomic E-state index is 12.5. The zero-order valence-electron chi connectivity index (χ0n) is 16.9. The van der Waals surface area contributed by atoms with Gasteiger partial charge in [-0.2, -0.15) is 0 Å². The van der Waals surface area contributed by atoms with Gasteiger partial charge in [-0.05, 0) is 41.3 Å². The number of anilines is 2. The summed E-state index contributed by atoms with van der Waals surface area (Å²) in [6.45, 7) is 0.331. The third kappa shape index (κ3) is 6.19. The Kier molecular flexibility index (Phi) is 7.15. The Morgan fingerprint density at radius 2 is 1.78 bits per heavy atom. The molecule has 0 spiro atoms. The fourth-order valence-electron chi connectivity index (χ4n) is 2.76. The van der Waals surface area contributed by atoms with Gasteiger partial charge in [0.15, 0.2) is 16.7 Å². The van der Waals surface area contributed by atoms with E-state index in [1.165, 1.54) is 22.7 Å². The molecule has 0 aliphatic heterocycles. The Balaban J connectivity index is 1.31. The number of rotatable bonds is 9. The van der Waals surface area contributed by atoms with Crippen molar-refractivity contribution in [2.45, 2.75) is 19.4 Å². The molecule has 0 saturated carbocycles. The standard InChI is InChI=1S/C22H19N5O3S2/c28-19(11-16-14-32-22(25-16)27-20(29)12-17-3-2-10-31-17)26-21-18(4-1-7-24-21)30-13-15-5-8-23-9-6-15/h1-10,14H,11-13H2,(H,24,26,28)(H,25,27,29). The molecule has 4 heterocycles.